The number of pyridine rings is 1. The second kappa shape index (κ2) is 5.58. The van der Waals surface area contributed by atoms with Crippen LogP contribution in [0.15, 0.2) is 36.7 Å². The maximum Gasteiger partial charge on any atom is 0.325 e. The van der Waals surface area contributed by atoms with Crippen molar-refractivity contribution in [2.75, 3.05) is 0 Å². The van der Waals surface area contributed by atoms with Gasteiger partial charge in [0.25, 0.3) is 5.91 Å². The fourth-order valence-electron chi connectivity index (χ4n) is 3.83. The predicted molar refractivity (Wildman–Crippen MR) is 91.2 cm³/mol. The van der Waals surface area contributed by atoms with E-state index in [1.165, 1.54) is 4.90 Å². The minimum atomic E-state index is -0.662. The largest absolute Gasteiger partial charge is 0.325 e. The van der Waals surface area contributed by atoms with E-state index < -0.39 is 5.54 Å². The molecule has 1 N–H and O–H groups in total. The van der Waals surface area contributed by atoms with Crippen LogP contribution in [0, 0.1) is 5.92 Å². The molecule has 124 valence electrons. The van der Waals surface area contributed by atoms with E-state index in [2.05, 4.69) is 17.2 Å². The minimum Gasteiger partial charge on any atom is -0.323 e. The van der Waals surface area contributed by atoms with Gasteiger partial charge in [-0.1, -0.05) is 19.1 Å². The van der Waals surface area contributed by atoms with Crippen LogP contribution in [-0.4, -0.2) is 27.4 Å². The Morgan fingerprint density at radius 3 is 2.79 bits per heavy atom. The predicted octanol–water partition coefficient (Wildman–Crippen LogP) is 3.24. The van der Waals surface area contributed by atoms with E-state index in [1.54, 1.807) is 6.20 Å². The lowest BCUT2D eigenvalue weighted by atomic mass is 9.77. The number of urea groups is 1. The fourth-order valence-corrected chi connectivity index (χ4v) is 3.83. The minimum absolute atomic E-state index is 0.0609. The maximum atomic E-state index is 12.9. The summed E-state index contributed by atoms with van der Waals surface area (Å²) in [5.74, 6) is 0.567. The van der Waals surface area contributed by atoms with Crippen molar-refractivity contribution in [3.8, 4) is 0 Å². The summed E-state index contributed by atoms with van der Waals surface area (Å²) in [6.45, 7) is 2.52. The van der Waals surface area contributed by atoms with Crippen LogP contribution in [-0.2, 0) is 11.3 Å². The number of imide groups is 1. The van der Waals surface area contributed by atoms with Crippen LogP contribution >= 0.6 is 0 Å². The summed E-state index contributed by atoms with van der Waals surface area (Å²) >= 11 is 0. The van der Waals surface area contributed by atoms with Crippen LogP contribution in [0.3, 0.4) is 0 Å². The Labute approximate surface area is 141 Å². The SMILES string of the molecule is CC1CCC2(CC1)NC(=O)N(Cc1ccc3cnccc3c1)C2=O. The molecule has 1 aromatic heterocycles. The normalized spacial score (nSPS) is 27.0. The maximum absolute atomic E-state index is 12.9. The molecule has 1 aliphatic carbocycles. The van der Waals surface area contributed by atoms with E-state index in [1.807, 2.05) is 30.5 Å². The van der Waals surface area contributed by atoms with Crippen molar-refractivity contribution in [3.63, 3.8) is 0 Å². The first-order valence-corrected chi connectivity index (χ1v) is 8.54. The lowest BCUT2D eigenvalue weighted by molar-refractivity contribution is -0.133. The number of carbonyl (C=O) groups excluding carboxylic acids is 2. The second-order valence-electron chi connectivity index (χ2n) is 7.14. The van der Waals surface area contributed by atoms with Crippen molar-refractivity contribution in [1.29, 1.82) is 0 Å². The van der Waals surface area contributed by atoms with Crippen molar-refractivity contribution >= 4 is 22.7 Å². The molecule has 1 saturated carbocycles. The van der Waals surface area contributed by atoms with Crippen LogP contribution in [0.2, 0.25) is 0 Å². The summed E-state index contributed by atoms with van der Waals surface area (Å²) in [4.78, 5) is 30.8. The Kier molecular flexibility index (Phi) is 3.52. The highest BCUT2D eigenvalue weighted by Crippen LogP contribution is 2.36. The Hall–Kier alpha value is -2.43. The van der Waals surface area contributed by atoms with E-state index in [4.69, 9.17) is 0 Å². The summed E-state index contributed by atoms with van der Waals surface area (Å²) in [7, 11) is 0. The van der Waals surface area contributed by atoms with Crippen molar-refractivity contribution in [2.24, 2.45) is 5.92 Å². The van der Waals surface area contributed by atoms with Crippen molar-refractivity contribution in [1.82, 2.24) is 15.2 Å². The Balaban J connectivity index is 1.57. The van der Waals surface area contributed by atoms with Gasteiger partial charge in [-0.15, -0.1) is 0 Å². The zero-order chi connectivity index (χ0) is 16.7. The molecule has 0 bridgehead atoms. The molecule has 1 aliphatic heterocycles. The zero-order valence-electron chi connectivity index (χ0n) is 13.8. The molecule has 1 saturated heterocycles. The standard InChI is InChI=1S/C19H21N3O2/c1-13-4-7-19(8-5-13)17(23)22(18(24)21-19)12-14-2-3-16-11-20-9-6-15(16)10-14/h2-3,6,9-11,13H,4-5,7-8,12H2,1H3,(H,21,24). The highest BCUT2D eigenvalue weighted by Gasteiger charge is 2.51. The molecule has 4 rings (SSSR count). The van der Waals surface area contributed by atoms with E-state index in [9.17, 15) is 9.59 Å². The van der Waals surface area contributed by atoms with Crippen molar-refractivity contribution in [3.05, 3.63) is 42.2 Å². The van der Waals surface area contributed by atoms with Crippen LogP contribution in [0.5, 0.6) is 0 Å². The first kappa shape index (κ1) is 15.1. The lowest BCUT2D eigenvalue weighted by Gasteiger charge is -2.33. The van der Waals surface area contributed by atoms with E-state index in [-0.39, 0.29) is 11.9 Å². The van der Waals surface area contributed by atoms with Gasteiger partial charge in [-0.25, -0.2) is 4.79 Å². The molecule has 0 radical (unpaired) electrons. The summed E-state index contributed by atoms with van der Waals surface area (Å²) in [5, 5.41) is 5.09. The molecular formula is C19H21N3O2. The number of benzene rings is 1. The topological polar surface area (TPSA) is 62.3 Å². The molecule has 2 heterocycles. The average molecular weight is 323 g/mol. The van der Waals surface area contributed by atoms with Gasteiger partial charge in [0, 0.05) is 17.8 Å². The van der Waals surface area contributed by atoms with Gasteiger partial charge in [0.15, 0.2) is 0 Å². The quantitative estimate of drug-likeness (QED) is 0.863. The summed E-state index contributed by atoms with van der Waals surface area (Å²) in [6, 6.07) is 7.64. The van der Waals surface area contributed by atoms with Crippen molar-refractivity contribution < 1.29 is 9.59 Å². The average Bonchev–Trinajstić information content (AvgIpc) is 2.82. The molecule has 2 aliphatic rings. The third-order valence-corrected chi connectivity index (χ3v) is 5.42. The number of amides is 3. The molecule has 5 heteroatoms. The number of nitrogens with one attached hydrogen (secondary N) is 1. The number of carbonyl (C=O) groups is 2. The van der Waals surface area contributed by atoms with E-state index >= 15 is 0 Å². The number of hydrogen-bond donors (Lipinski definition) is 1. The highest BCUT2D eigenvalue weighted by atomic mass is 16.2. The first-order valence-electron chi connectivity index (χ1n) is 8.54. The third-order valence-electron chi connectivity index (χ3n) is 5.42. The summed E-state index contributed by atoms with van der Waals surface area (Å²) < 4.78 is 0. The summed E-state index contributed by atoms with van der Waals surface area (Å²) in [5.41, 5.74) is 0.295. The molecule has 3 amide bonds. The first-order chi connectivity index (χ1) is 11.6. The lowest BCUT2D eigenvalue weighted by Crippen LogP contribution is -2.49. The monoisotopic (exact) mass is 323 g/mol. The number of nitrogens with zero attached hydrogens (tertiary/aromatic N) is 2. The molecule has 24 heavy (non-hydrogen) atoms. The van der Waals surface area contributed by atoms with Crippen LogP contribution in [0.25, 0.3) is 10.8 Å². The number of fused-ring (bicyclic) bond motifs is 1. The zero-order valence-corrected chi connectivity index (χ0v) is 13.8. The van der Waals surface area contributed by atoms with E-state index in [0.29, 0.717) is 12.5 Å². The Bertz CT molecular complexity index is 809. The molecule has 0 unspecified atom stereocenters. The highest BCUT2D eigenvalue weighted by molar-refractivity contribution is 6.07. The van der Waals surface area contributed by atoms with Gasteiger partial charge >= 0.3 is 6.03 Å². The van der Waals surface area contributed by atoms with Gasteiger partial charge in [0.05, 0.1) is 6.54 Å². The molecule has 0 atom stereocenters. The molecule has 1 aromatic carbocycles. The third kappa shape index (κ3) is 2.44. The molecule has 2 fully saturated rings. The molecular weight excluding hydrogens is 302 g/mol. The number of rotatable bonds is 2. The smallest absolute Gasteiger partial charge is 0.323 e. The Morgan fingerprint density at radius 1 is 1.21 bits per heavy atom. The van der Waals surface area contributed by atoms with Gasteiger partial charge < -0.3 is 5.32 Å². The van der Waals surface area contributed by atoms with Crippen LogP contribution in [0.1, 0.15) is 38.2 Å². The van der Waals surface area contributed by atoms with E-state index in [0.717, 1.165) is 42.0 Å². The van der Waals surface area contributed by atoms with Crippen LogP contribution in [0.4, 0.5) is 4.79 Å². The van der Waals surface area contributed by atoms with Gasteiger partial charge in [0.2, 0.25) is 0 Å². The number of aromatic nitrogens is 1. The van der Waals surface area contributed by atoms with Crippen LogP contribution < -0.4 is 5.32 Å². The van der Waals surface area contributed by atoms with Gasteiger partial charge in [-0.2, -0.15) is 0 Å². The second-order valence-corrected chi connectivity index (χ2v) is 7.14. The van der Waals surface area contributed by atoms with Gasteiger partial charge in [0.1, 0.15) is 5.54 Å². The fraction of sp³-hybridized carbons (Fsp3) is 0.421. The van der Waals surface area contributed by atoms with Gasteiger partial charge in [-0.3, -0.25) is 14.7 Å². The summed E-state index contributed by atoms with van der Waals surface area (Å²) in [6.07, 6.45) is 7.03. The molecule has 5 nitrogen and oxygen atoms in total. The number of hydrogen-bond acceptors (Lipinski definition) is 3. The Morgan fingerprint density at radius 2 is 2.00 bits per heavy atom. The molecule has 1 spiro atoms. The molecule has 2 aromatic rings. The van der Waals surface area contributed by atoms with Crippen molar-refractivity contribution in [2.45, 2.75) is 44.7 Å². The van der Waals surface area contributed by atoms with Gasteiger partial charge in [-0.05, 0) is 54.7 Å².